The van der Waals surface area contributed by atoms with E-state index in [1.807, 2.05) is 50.8 Å². The Kier molecular flexibility index (Phi) is 5.76. The molecule has 0 saturated carbocycles. The van der Waals surface area contributed by atoms with Gasteiger partial charge < -0.3 is 15.4 Å². The molecule has 0 atom stereocenters. The second-order valence-electron chi connectivity index (χ2n) is 8.34. The largest absolute Gasteiger partial charge is 0.394 e. The van der Waals surface area contributed by atoms with Crippen LogP contribution in [0.4, 0.5) is 5.69 Å². The fourth-order valence-electron chi connectivity index (χ4n) is 4.13. The number of aliphatic hydroxyl groups excluding tert-OH is 1. The Bertz CT molecular complexity index is 1560. The molecular formula is C26H25N7O2. The van der Waals surface area contributed by atoms with Gasteiger partial charge in [0.1, 0.15) is 5.65 Å². The van der Waals surface area contributed by atoms with Gasteiger partial charge in [0.25, 0.3) is 0 Å². The maximum atomic E-state index is 12.0. The van der Waals surface area contributed by atoms with E-state index in [0.717, 1.165) is 50.1 Å². The van der Waals surface area contributed by atoms with E-state index >= 15 is 0 Å². The Morgan fingerprint density at radius 3 is 2.69 bits per heavy atom. The van der Waals surface area contributed by atoms with E-state index in [2.05, 4.69) is 33.1 Å². The van der Waals surface area contributed by atoms with Gasteiger partial charge in [0, 0.05) is 59.0 Å². The van der Waals surface area contributed by atoms with Crippen molar-refractivity contribution < 1.29 is 9.90 Å². The second-order valence-corrected chi connectivity index (χ2v) is 8.34. The molecule has 5 aromatic rings. The molecule has 0 aliphatic carbocycles. The van der Waals surface area contributed by atoms with Crippen molar-refractivity contribution in [2.45, 2.75) is 13.5 Å². The molecule has 4 heterocycles. The number of hydrogen-bond donors (Lipinski definition) is 3. The van der Waals surface area contributed by atoms with E-state index in [-0.39, 0.29) is 12.5 Å². The number of nitrogens with zero attached hydrogens (tertiary/aromatic N) is 5. The number of rotatable bonds is 7. The van der Waals surface area contributed by atoms with Crippen LogP contribution in [-0.2, 0) is 18.4 Å². The summed E-state index contributed by atoms with van der Waals surface area (Å²) >= 11 is 0. The second kappa shape index (κ2) is 9.03. The quantitative estimate of drug-likeness (QED) is 0.314. The average Bonchev–Trinajstić information content (AvgIpc) is 3.58. The number of amides is 1. The molecule has 176 valence electrons. The molecule has 0 fully saturated rings. The molecule has 1 amide bonds. The summed E-state index contributed by atoms with van der Waals surface area (Å²) in [5.74, 6) is -0.263. The van der Waals surface area contributed by atoms with Crippen LogP contribution >= 0.6 is 0 Å². The van der Waals surface area contributed by atoms with Crippen LogP contribution in [0.25, 0.3) is 44.5 Å². The van der Waals surface area contributed by atoms with E-state index < -0.39 is 0 Å². The number of aryl methyl sites for hydroxylation is 2. The van der Waals surface area contributed by atoms with Crippen LogP contribution in [0.15, 0.2) is 67.9 Å². The summed E-state index contributed by atoms with van der Waals surface area (Å²) in [5, 5.41) is 21.7. The highest BCUT2D eigenvalue weighted by atomic mass is 16.3. The standard InChI is InChI=1S/C26H25N7O2/c1-4-23(35)30-22-10-17(6-5-16(22)2)24-21-9-18(19-12-29-33(15-19)7-8-34)11-27-26(21)31-25(24)20-13-28-32(3)14-20/h4-6,9-15,34H,1,7-8H2,2-3H3,(H,27,31)(H,30,35). The number of hydrogen-bond acceptors (Lipinski definition) is 5. The zero-order chi connectivity index (χ0) is 24.5. The summed E-state index contributed by atoms with van der Waals surface area (Å²) in [5.41, 5.74) is 7.92. The smallest absolute Gasteiger partial charge is 0.247 e. The predicted molar refractivity (Wildman–Crippen MR) is 136 cm³/mol. The molecule has 35 heavy (non-hydrogen) atoms. The Hall–Kier alpha value is -4.50. The normalized spacial score (nSPS) is 11.2. The molecule has 5 rings (SSSR count). The van der Waals surface area contributed by atoms with E-state index in [1.165, 1.54) is 6.08 Å². The molecule has 1 aromatic carbocycles. The van der Waals surface area contributed by atoms with Gasteiger partial charge in [-0.1, -0.05) is 18.7 Å². The number of aliphatic hydroxyl groups is 1. The van der Waals surface area contributed by atoms with Crippen LogP contribution in [0.1, 0.15) is 5.56 Å². The minimum atomic E-state index is -0.263. The molecule has 9 nitrogen and oxygen atoms in total. The van der Waals surface area contributed by atoms with E-state index in [1.54, 1.807) is 21.8 Å². The van der Waals surface area contributed by atoms with Crippen molar-refractivity contribution in [1.29, 1.82) is 0 Å². The number of H-pyrrole nitrogens is 1. The summed E-state index contributed by atoms with van der Waals surface area (Å²) in [7, 11) is 1.88. The Balaban J connectivity index is 1.71. The highest BCUT2D eigenvalue weighted by molar-refractivity contribution is 6.05. The third-order valence-electron chi connectivity index (χ3n) is 5.91. The van der Waals surface area contributed by atoms with Crippen LogP contribution in [0.3, 0.4) is 0 Å². The van der Waals surface area contributed by atoms with E-state index in [9.17, 15) is 9.90 Å². The van der Waals surface area contributed by atoms with Crippen LogP contribution in [0.2, 0.25) is 0 Å². The van der Waals surface area contributed by atoms with Gasteiger partial charge in [-0.05, 0) is 36.3 Å². The molecule has 0 radical (unpaired) electrons. The lowest BCUT2D eigenvalue weighted by atomic mass is 9.97. The molecular weight excluding hydrogens is 442 g/mol. The van der Waals surface area contributed by atoms with E-state index in [4.69, 9.17) is 4.98 Å². The molecule has 3 N–H and O–H groups in total. The van der Waals surface area contributed by atoms with Crippen molar-refractivity contribution in [2.75, 3.05) is 11.9 Å². The molecule has 9 heteroatoms. The van der Waals surface area contributed by atoms with Gasteiger partial charge in [-0.25, -0.2) is 4.98 Å². The molecule has 0 bridgehead atoms. The Morgan fingerprint density at radius 2 is 1.94 bits per heavy atom. The highest BCUT2D eigenvalue weighted by Crippen LogP contribution is 2.40. The maximum absolute atomic E-state index is 12.0. The van der Waals surface area contributed by atoms with Gasteiger partial charge in [-0.3, -0.25) is 14.2 Å². The van der Waals surface area contributed by atoms with Gasteiger partial charge in [0.05, 0.1) is 31.2 Å². The molecule has 0 aliphatic heterocycles. The van der Waals surface area contributed by atoms with Crippen LogP contribution in [0, 0.1) is 6.92 Å². The number of pyridine rings is 1. The average molecular weight is 468 g/mol. The fourth-order valence-corrected chi connectivity index (χ4v) is 4.13. The van der Waals surface area contributed by atoms with E-state index in [0.29, 0.717) is 12.2 Å². The summed E-state index contributed by atoms with van der Waals surface area (Å²) in [6.45, 7) is 5.95. The number of anilines is 1. The Labute approximate surface area is 201 Å². The van der Waals surface area contributed by atoms with Gasteiger partial charge in [0.15, 0.2) is 0 Å². The number of carbonyl (C=O) groups is 1. The van der Waals surface area contributed by atoms with Gasteiger partial charge >= 0.3 is 0 Å². The number of benzene rings is 1. The van der Waals surface area contributed by atoms with Crippen LogP contribution in [0.5, 0.6) is 0 Å². The van der Waals surface area contributed by atoms with Crippen LogP contribution in [-0.4, -0.2) is 47.1 Å². The first-order chi connectivity index (χ1) is 17.0. The monoisotopic (exact) mass is 467 g/mol. The molecule has 4 aromatic heterocycles. The summed E-state index contributed by atoms with van der Waals surface area (Å²) in [6.07, 6.45) is 10.5. The van der Waals surface area contributed by atoms with Crippen molar-refractivity contribution in [3.8, 4) is 33.5 Å². The maximum Gasteiger partial charge on any atom is 0.247 e. The van der Waals surface area contributed by atoms with Crippen molar-refractivity contribution in [2.24, 2.45) is 7.05 Å². The molecule has 0 saturated heterocycles. The number of fused-ring (bicyclic) bond motifs is 1. The zero-order valence-electron chi connectivity index (χ0n) is 19.5. The first kappa shape index (κ1) is 22.3. The third kappa shape index (κ3) is 4.24. The minimum absolute atomic E-state index is 0.0208. The van der Waals surface area contributed by atoms with Gasteiger partial charge in [-0.15, -0.1) is 0 Å². The lowest BCUT2D eigenvalue weighted by molar-refractivity contribution is -0.111. The lowest BCUT2D eigenvalue weighted by Crippen LogP contribution is -2.08. The fraction of sp³-hybridized carbons (Fsp3) is 0.154. The Morgan fingerprint density at radius 1 is 1.11 bits per heavy atom. The highest BCUT2D eigenvalue weighted by Gasteiger charge is 2.19. The lowest BCUT2D eigenvalue weighted by Gasteiger charge is -2.11. The molecule has 0 aliphatic rings. The van der Waals surface area contributed by atoms with Crippen molar-refractivity contribution in [3.63, 3.8) is 0 Å². The van der Waals surface area contributed by atoms with Gasteiger partial charge in [-0.2, -0.15) is 10.2 Å². The first-order valence-electron chi connectivity index (χ1n) is 11.2. The van der Waals surface area contributed by atoms with Crippen LogP contribution < -0.4 is 5.32 Å². The number of carbonyl (C=O) groups excluding carboxylic acids is 1. The van der Waals surface area contributed by atoms with Crippen molar-refractivity contribution >= 4 is 22.6 Å². The summed E-state index contributed by atoms with van der Waals surface area (Å²) in [4.78, 5) is 20.2. The van der Waals surface area contributed by atoms with Crippen molar-refractivity contribution in [1.82, 2.24) is 29.5 Å². The molecule has 0 unspecified atom stereocenters. The number of aromatic nitrogens is 6. The predicted octanol–water partition coefficient (Wildman–Crippen LogP) is 3.92. The first-order valence-corrected chi connectivity index (χ1v) is 11.2. The minimum Gasteiger partial charge on any atom is -0.394 e. The topological polar surface area (TPSA) is 114 Å². The number of nitrogens with one attached hydrogen (secondary N) is 2. The zero-order valence-corrected chi connectivity index (χ0v) is 19.5. The SMILES string of the molecule is C=CC(=O)Nc1cc(-c2c(-c3cnn(C)c3)[nH]c3ncc(-c4cnn(CCO)c4)cc23)ccc1C. The summed E-state index contributed by atoms with van der Waals surface area (Å²) < 4.78 is 3.46. The third-order valence-corrected chi connectivity index (χ3v) is 5.91. The molecule has 0 spiro atoms. The van der Waals surface area contributed by atoms with Gasteiger partial charge in [0.2, 0.25) is 5.91 Å². The number of aromatic amines is 1. The van der Waals surface area contributed by atoms with Crippen molar-refractivity contribution in [3.05, 3.63) is 73.5 Å². The summed E-state index contributed by atoms with van der Waals surface area (Å²) in [6, 6.07) is 8.06.